The fourth-order valence-corrected chi connectivity index (χ4v) is 2.56. The van der Waals surface area contributed by atoms with Crippen LogP contribution in [0.4, 0.5) is 13.2 Å². The Bertz CT molecular complexity index is 904. The van der Waals surface area contributed by atoms with Crippen LogP contribution in [-0.2, 0) is 17.8 Å². The highest BCUT2D eigenvalue weighted by atomic mass is 19.1. The summed E-state index contributed by atoms with van der Waals surface area (Å²) in [5, 5.41) is 6.46. The molecule has 0 aliphatic rings. The van der Waals surface area contributed by atoms with Gasteiger partial charge in [-0.25, -0.2) is 13.2 Å². The second-order valence-electron chi connectivity index (χ2n) is 5.75. The number of halogens is 3. The minimum Gasteiger partial charge on any atom is -0.364 e. The van der Waals surface area contributed by atoms with Gasteiger partial charge in [0.1, 0.15) is 29.4 Å². The second kappa shape index (κ2) is 7.86. The summed E-state index contributed by atoms with van der Waals surface area (Å²) in [4.78, 5) is 12.0. The van der Waals surface area contributed by atoms with E-state index in [4.69, 9.17) is 4.52 Å². The molecule has 1 amide bonds. The first-order valence-corrected chi connectivity index (χ1v) is 7.92. The van der Waals surface area contributed by atoms with Gasteiger partial charge in [0.2, 0.25) is 5.91 Å². The summed E-state index contributed by atoms with van der Waals surface area (Å²) in [7, 11) is 0. The Balaban J connectivity index is 1.58. The van der Waals surface area contributed by atoms with Crippen LogP contribution in [0.25, 0.3) is 11.3 Å². The number of carbonyl (C=O) groups is 1. The van der Waals surface area contributed by atoms with Crippen molar-refractivity contribution in [1.82, 2.24) is 10.5 Å². The molecule has 2 aromatic carbocycles. The van der Waals surface area contributed by atoms with Crippen LogP contribution in [0.15, 0.2) is 53.3 Å². The van der Waals surface area contributed by atoms with E-state index in [0.29, 0.717) is 28.8 Å². The van der Waals surface area contributed by atoms with Crippen molar-refractivity contribution in [2.75, 3.05) is 0 Å². The van der Waals surface area contributed by atoms with Gasteiger partial charge in [-0.2, -0.15) is 0 Å². The van der Waals surface area contributed by atoms with Crippen molar-refractivity contribution in [2.45, 2.75) is 19.4 Å². The normalized spacial score (nSPS) is 10.7. The standard InChI is InChI=1S/C19H15F3N2O2/c20-15-3-1-2-13(8-15)19-14(11-26-24-19)4-5-18(25)23-10-12-6-16(21)9-17(22)7-12/h1-3,6-9,11H,4-5,10H2,(H,23,25). The van der Waals surface area contributed by atoms with Crippen LogP contribution < -0.4 is 5.32 Å². The quantitative estimate of drug-likeness (QED) is 0.723. The molecule has 1 heterocycles. The van der Waals surface area contributed by atoms with Gasteiger partial charge in [-0.1, -0.05) is 17.3 Å². The summed E-state index contributed by atoms with van der Waals surface area (Å²) < 4.78 is 44.5. The van der Waals surface area contributed by atoms with Crippen molar-refractivity contribution in [2.24, 2.45) is 0 Å². The van der Waals surface area contributed by atoms with Crippen molar-refractivity contribution in [3.63, 3.8) is 0 Å². The average molecular weight is 360 g/mol. The molecule has 0 aliphatic carbocycles. The fraction of sp³-hybridized carbons (Fsp3) is 0.158. The van der Waals surface area contributed by atoms with Crippen molar-refractivity contribution >= 4 is 5.91 Å². The Kier molecular flexibility index (Phi) is 5.36. The van der Waals surface area contributed by atoms with E-state index in [-0.39, 0.29) is 18.9 Å². The third-order valence-electron chi connectivity index (χ3n) is 3.77. The molecule has 7 heteroatoms. The molecule has 0 saturated heterocycles. The molecular weight excluding hydrogens is 345 g/mol. The molecule has 0 unspecified atom stereocenters. The molecular formula is C19H15F3N2O2. The van der Waals surface area contributed by atoms with Gasteiger partial charge in [0, 0.05) is 30.2 Å². The predicted octanol–water partition coefficient (Wildman–Crippen LogP) is 4.01. The summed E-state index contributed by atoms with van der Waals surface area (Å²) in [5.41, 5.74) is 2.04. The highest BCUT2D eigenvalue weighted by Gasteiger charge is 2.13. The van der Waals surface area contributed by atoms with Crippen LogP contribution in [0.2, 0.25) is 0 Å². The number of benzene rings is 2. The summed E-state index contributed by atoms with van der Waals surface area (Å²) in [6, 6.07) is 9.00. The Morgan fingerprint density at radius 2 is 1.81 bits per heavy atom. The minimum atomic E-state index is -0.696. The van der Waals surface area contributed by atoms with E-state index < -0.39 is 17.5 Å². The zero-order chi connectivity index (χ0) is 18.5. The highest BCUT2D eigenvalue weighted by molar-refractivity contribution is 5.76. The van der Waals surface area contributed by atoms with Crippen LogP contribution >= 0.6 is 0 Å². The van der Waals surface area contributed by atoms with Crippen LogP contribution in [0, 0.1) is 17.5 Å². The topological polar surface area (TPSA) is 55.1 Å². The van der Waals surface area contributed by atoms with Crippen molar-refractivity contribution < 1.29 is 22.5 Å². The van der Waals surface area contributed by atoms with Crippen molar-refractivity contribution in [3.8, 4) is 11.3 Å². The Hall–Kier alpha value is -3.09. The third-order valence-corrected chi connectivity index (χ3v) is 3.77. The number of rotatable bonds is 6. The Morgan fingerprint density at radius 3 is 2.54 bits per heavy atom. The van der Waals surface area contributed by atoms with E-state index in [1.807, 2.05) is 0 Å². The molecule has 4 nitrogen and oxygen atoms in total. The van der Waals surface area contributed by atoms with E-state index >= 15 is 0 Å². The van der Waals surface area contributed by atoms with Crippen LogP contribution in [0.3, 0.4) is 0 Å². The summed E-state index contributed by atoms with van der Waals surface area (Å²) in [6.07, 6.45) is 1.87. The monoisotopic (exact) mass is 360 g/mol. The minimum absolute atomic E-state index is 0.0217. The number of hydrogen-bond donors (Lipinski definition) is 1. The zero-order valence-corrected chi connectivity index (χ0v) is 13.6. The van der Waals surface area contributed by atoms with Crippen LogP contribution in [0.5, 0.6) is 0 Å². The molecule has 0 atom stereocenters. The fourth-order valence-electron chi connectivity index (χ4n) is 2.56. The van der Waals surface area contributed by atoms with Crippen LogP contribution in [-0.4, -0.2) is 11.1 Å². The number of carbonyl (C=O) groups excluding carboxylic acids is 1. The van der Waals surface area contributed by atoms with E-state index in [2.05, 4.69) is 10.5 Å². The molecule has 1 N–H and O–H groups in total. The molecule has 0 spiro atoms. The molecule has 0 radical (unpaired) electrons. The zero-order valence-electron chi connectivity index (χ0n) is 13.6. The number of aryl methyl sites for hydroxylation is 1. The Morgan fingerprint density at radius 1 is 1.04 bits per heavy atom. The summed E-state index contributed by atoms with van der Waals surface area (Å²) in [5.74, 6) is -2.07. The number of nitrogens with one attached hydrogen (secondary N) is 1. The number of nitrogens with zero attached hydrogens (tertiary/aromatic N) is 1. The van der Waals surface area contributed by atoms with Crippen molar-refractivity contribution in [1.29, 1.82) is 0 Å². The second-order valence-corrected chi connectivity index (χ2v) is 5.75. The van der Waals surface area contributed by atoms with E-state index in [9.17, 15) is 18.0 Å². The molecule has 0 saturated carbocycles. The lowest BCUT2D eigenvalue weighted by molar-refractivity contribution is -0.121. The lowest BCUT2D eigenvalue weighted by atomic mass is 10.0. The molecule has 1 aromatic heterocycles. The first kappa shape index (κ1) is 17.7. The van der Waals surface area contributed by atoms with Gasteiger partial charge in [0.15, 0.2) is 0 Å². The van der Waals surface area contributed by atoms with Gasteiger partial charge in [-0.15, -0.1) is 0 Å². The van der Waals surface area contributed by atoms with Crippen LogP contribution in [0.1, 0.15) is 17.5 Å². The maximum Gasteiger partial charge on any atom is 0.220 e. The first-order valence-electron chi connectivity index (χ1n) is 7.92. The van der Waals surface area contributed by atoms with E-state index in [1.54, 1.807) is 12.1 Å². The van der Waals surface area contributed by atoms with Gasteiger partial charge in [-0.3, -0.25) is 4.79 Å². The molecule has 0 aliphatic heterocycles. The van der Waals surface area contributed by atoms with Crippen molar-refractivity contribution in [3.05, 3.63) is 77.3 Å². The van der Waals surface area contributed by atoms with Gasteiger partial charge in [0.05, 0.1) is 0 Å². The molecule has 134 valence electrons. The Labute approximate surface area is 147 Å². The number of amides is 1. The molecule has 0 bridgehead atoms. The average Bonchev–Trinajstić information content (AvgIpc) is 3.06. The maximum atomic E-state index is 13.3. The van der Waals surface area contributed by atoms with E-state index in [1.165, 1.54) is 18.4 Å². The first-order chi connectivity index (χ1) is 12.5. The molecule has 3 rings (SSSR count). The van der Waals surface area contributed by atoms with Gasteiger partial charge >= 0.3 is 0 Å². The van der Waals surface area contributed by atoms with Gasteiger partial charge in [-0.05, 0) is 36.2 Å². The van der Waals surface area contributed by atoms with Gasteiger partial charge < -0.3 is 9.84 Å². The predicted molar refractivity (Wildman–Crippen MR) is 88.4 cm³/mol. The molecule has 3 aromatic rings. The maximum absolute atomic E-state index is 13.3. The third kappa shape index (κ3) is 4.50. The lowest BCUT2D eigenvalue weighted by Gasteiger charge is -2.06. The molecule has 26 heavy (non-hydrogen) atoms. The summed E-state index contributed by atoms with van der Waals surface area (Å²) in [6.45, 7) is 0.0217. The largest absolute Gasteiger partial charge is 0.364 e. The van der Waals surface area contributed by atoms with Gasteiger partial charge in [0.25, 0.3) is 0 Å². The SMILES string of the molecule is O=C(CCc1conc1-c1cccc(F)c1)NCc1cc(F)cc(F)c1. The lowest BCUT2D eigenvalue weighted by Crippen LogP contribution is -2.23. The summed E-state index contributed by atoms with van der Waals surface area (Å²) >= 11 is 0. The number of hydrogen-bond acceptors (Lipinski definition) is 3. The number of aromatic nitrogens is 1. The smallest absolute Gasteiger partial charge is 0.220 e. The van der Waals surface area contributed by atoms with E-state index in [0.717, 1.165) is 18.2 Å². The molecule has 0 fully saturated rings. The highest BCUT2D eigenvalue weighted by Crippen LogP contribution is 2.23.